The zero-order valence-corrected chi connectivity index (χ0v) is 11.9. The highest BCUT2D eigenvalue weighted by Gasteiger charge is 2.05. The molecule has 0 unspecified atom stereocenters. The molecule has 0 radical (unpaired) electrons. The Kier molecular flexibility index (Phi) is 4.31. The van der Waals surface area contributed by atoms with Crippen LogP contribution in [0.2, 0.25) is 0 Å². The van der Waals surface area contributed by atoms with Gasteiger partial charge in [-0.05, 0) is 41.8 Å². The fourth-order valence-electron chi connectivity index (χ4n) is 2.27. The maximum atomic E-state index is 11.6. The minimum absolute atomic E-state index is 0.0458. The van der Waals surface area contributed by atoms with Gasteiger partial charge in [0.25, 0.3) is 0 Å². The highest BCUT2D eigenvalue weighted by Crippen LogP contribution is 2.25. The van der Waals surface area contributed by atoms with Crippen molar-refractivity contribution in [1.82, 2.24) is 0 Å². The SMILES string of the molecule is C=C/C=C(\C=C(/C)c1cccc2ccccc12)C(C)=O. The maximum absolute atomic E-state index is 11.6. The molecule has 1 nitrogen and oxygen atoms in total. The normalized spacial score (nSPS) is 12.5. The highest BCUT2D eigenvalue weighted by atomic mass is 16.1. The van der Waals surface area contributed by atoms with E-state index < -0.39 is 0 Å². The van der Waals surface area contributed by atoms with E-state index in [0.717, 1.165) is 11.1 Å². The minimum Gasteiger partial charge on any atom is -0.295 e. The third kappa shape index (κ3) is 2.94. The Labute approximate surface area is 119 Å². The molecular formula is C19H18O. The molecule has 0 saturated heterocycles. The monoisotopic (exact) mass is 262 g/mol. The van der Waals surface area contributed by atoms with Gasteiger partial charge < -0.3 is 0 Å². The first-order valence-electron chi connectivity index (χ1n) is 6.63. The largest absolute Gasteiger partial charge is 0.295 e. The van der Waals surface area contributed by atoms with Crippen molar-refractivity contribution in [3.8, 4) is 0 Å². The van der Waals surface area contributed by atoms with Gasteiger partial charge in [-0.2, -0.15) is 0 Å². The molecule has 100 valence electrons. The van der Waals surface area contributed by atoms with E-state index in [-0.39, 0.29) is 5.78 Å². The lowest BCUT2D eigenvalue weighted by Gasteiger charge is -2.07. The smallest absolute Gasteiger partial charge is 0.159 e. The Bertz CT molecular complexity index is 712. The van der Waals surface area contributed by atoms with Crippen molar-refractivity contribution in [2.45, 2.75) is 13.8 Å². The van der Waals surface area contributed by atoms with Crippen molar-refractivity contribution in [3.05, 3.63) is 78.4 Å². The Morgan fingerprint density at radius 3 is 2.45 bits per heavy atom. The molecule has 0 atom stereocenters. The zero-order chi connectivity index (χ0) is 14.5. The predicted molar refractivity (Wildman–Crippen MR) is 86.6 cm³/mol. The van der Waals surface area contributed by atoms with E-state index in [1.165, 1.54) is 10.8 Å². The van der Waals surface area contributed by atoms with E-state index in [1.807, 2.05) is 31.2 Å². The fraction of sp³-hybridized carbons (Fsp3) is 0.105. The second-order valence-corrected chi connectivity index (χ2v) is 4.77. The predicted octanol–water partition coefficient (Wildman–Crippen LogP) is 4.94. The van der Waals surface area contributed by atoms with Gasteiger partial charge in [0.2, 0.25) is 0 Å². The molecule has 0 saturated carbocycles. The standard InChI is InChI=1S/C19H18O/c1-4-8-17(15(3)20)13-14(2)18-12-7-10-16-9-5-6-11-19(16)18/h4-13H,1H2,2-3H3/b14-13+,17-8+. The van der Waals surface area contributed by atoms with Gasteiger partial charge >= 0.3 is 0 Å². The van der Waals surface area contributed by atoms with Gasteiger partial charge in [0, 0.05) is 5.57 Å². The van der Waals surface area contributed by atoms with Gasteiger partial charge in [0.15, 0.2) is 5.78 Å². The number of Topliss-reactive ketones (excluding diaryl/α,β-unsaturated/α-hetero) is 1. The Balaban J connectivity index is 2.56. The number of fused-ring (bicyclic) bond motifs is 1. The number of hydrogen-bond donors (Lipinski definition) is 0. The molecule has 0 aromatic heterocycles. The van der Waals surface area contributed by atoms with Crippen LogP contribution in [0.25, 0.3) is 16.3 Å². The molecule has 2 rings (SSSR count). The summed E-state index contributed by atoms with van der Waals surface area (Å²) in [5.74, 6) is 0.0458. The van der Waals surface area contributed by atoms with Crippen LogP contribution < -0.4 is 0 Å². The van der Waals surface area contributed by atoms with Gasteiger partial charge in [0.05, 0.1) is 0 Å². The summed E-state index contributed by atoms with van der Waals surface area (Å²) in [6.07, 6.45) is 5.31. The number of allylic oxidation sites excluding steroid dienone is 5. The van der Waals surface area contributed by atoms with Gasteiger partial charge in [-0.25, -0.2) is 0 Å². The third-order valence-corrected chi connectivity index (χ3v) is 3.29. The molecule has 0 heterocycles. The van der Waals surface area contributed by atoms with E-state index in [0.29, 0.717) is 5.57 Å². The molecule has 0 aliphatic heterocycles. The molecule has 2 aromatic carbocycles. The van der Waals surface area contributed by atoms with Crippen molar-refractivity contribution in [3.63, 3.8) is 0 Å². The van der Waals surface area contributed by atoms with E-state index in [1.54, 1.807) is 19.1 Å². The van der Waals surface area contributed by atoms with Crippen LogP contribution in [0.4, 0.5) is 0 Å². The number of hydrogen-bond acceptors (Lipinski definition) is 1. The average Bonchev–Trinajstić information content (AvgIpc) is 2.46. The van der Waals surface area contributed by atoms with E-state index in [9.17, 15) is 4.79 Å². The molecule has 0 aliphatic carbocycles. The van der Waals surface area contributed by atoms with Crippen molar-refractivity contribution < 1.29 is 4.79 Å². The molecule has 2 aromatic rings. The Morgan fingerprint density at radius 2 is 1.75 bits per heavy atom. The summed E-state index contributed by atoms with van der Waals surface area (Å²) in [6, 6.07) is 14.5. The summed E-state index contributed by atoms with van der Waals surface area (Å²) in [7, 11) is 0. The number of carbonyl (C=O) groups excluding carboxylic acids is 1. The van der Waals surface area contributed by atoms with Crippen molar-refractivity contribution in [1.29, 1.82) is 0 Å². The first kappa shape index (κ1) is 14.0. The van der Waals surface area contributed by atoms with Gasteiger partial charge in [-0.1, -0.05) is 61.2 Å². The number of carbonyl (C=O) groups is 1. The van der Waals surface area contributed by atoms with E-state index in [2.05, 4.69) is 30.8 Å². The second-order valence-electron chi connectivity index (χ2n) is 4.77. The van der Waals surface area contributed by atoms with Crippen molar-refractivity contribution in [2.75, 3.05) is 0 Å². The number of benzene rings is 2. The maximum Gasteiger partial charge on any atom is 0.159 e. The zero-order valence-electron chi connectivity index (χ0n) is 11.9. The summed E-state index contributed by atoms with van der Waals surface area (Å²) >= 11 is 0. The summed E-state index contributed by atoms with van der Waals surface area (Å²) in [6.45, 7) is 7.26. The molecule has 0 amide bonds. The molecule has 0 spiro atoms. The number of rotatable bonds is 4. The highest BCUT2D eigenvalue weighted by molar-refractivity contribution is 6.00. The molecule has 20 heavy (non-hydrogen) atoms. The van der Waals surface area contributed by atoms with Crippen LogP contribution in [-0.2, 0) is 4.79 Å². The summed E-state index contributed by atoms with van der Waals surface area (Å²) in [4.78, 5) is 11.6. The molecule has 0 fully saturated rings. The van der Waals surface area contributed by atoms with Crippen LogP contribution >= 0.6 is 0 Å². The summed E-state index contributed by atoms with van der Waals surface area (Å²) < 4.78 is 0. The van der Waals surface area contributed by atoms with E-state index >= 15 is 0 Å². The molecule has 1 heteroatoms. The van der Waals surface area contributed by atoms with Crippen molar-refractivity contribution in [2.24, 2.45) is 0 Å². The Morgan fingerprint density at radius 1 is 1.05 bits per heavy atom. The van der Waals surface area contributed by atoms with Crippen LogP contribution in [0, 0.1) is 0 Å². The minimum atomic E-state index is 0.0458. The topological polar surface area (TPSA) is 17.1 Å². The average molecular weight is 262 g/mol. The fourth-order valence-corrected chi connectivity index (χ4v) is 2.27. The van der Waals surface area contributed by atoms with Crippen LogP contribution in [0.3, 0.4) is 0 Å². The molecular weight excluding hydrogens is 244 g/mol. The lowest BCUT2D eigenvalue weighted by Crippen LogP contribution is -1.94. The summed E-state index contributed by atoms with van der Waals surface area (Å²) in [5.41, 5.74) is 2.90. The van der Waals surface area contributed by atoms with Crippen LogP contribution in [0.1, 0.15) is 19.4 Å². The lowest BCUT2D eigenvalue weighted by molar-refractivity contribution is -0.113. The molecule has 0 bridgehead atoms. The van der Waals surface area contributed by atoms with E-state index in [4.69, 9.17) is 0 Å². The van der Waals surface area contributed by atoms with Gasteiger partial charge in [-0.15, -0.1) is 0 Å². The lowest BCUT2D eigenvalue weighted by atomic mass is 9.97. The van der Waals surface area contributed by atoms with Gasteiger partial charge in [-0.3, -0.25) is 4.79 Å². The first-order valence-corrected chi connectivity index (χ1v) is 6.63. The summed E-state index contributed by atoms with van der Waals surface area (Å²) in [5, 5.41) is 2.40. The van der Waals surface area contributed by atoms with Crippen LogP contribution in [0.15, 0.2) is 72.8 Å². The first-order chi connectivity index (χ1) is 9.63. The Hall–Kier alpha value is -2.41. The molecule has 0 N–H and O–H groups in total. The van der Waals surface area contributed by atoms with Crippen LogP contribution in [0.5, 0.6) is 0 Å². The van der Waals surface area contributed by atoms with Gasteiger partial charge in [0.1, 0.15) is 0 Å². The number of ketones is 1. The van der Waals surface area contributed by atoms with Crippen LogP contribution in [-0.4, -0.2) is 5.78 Å². The quantitative estimate of drug-likeness (QED) is 0.563. The third-order valence-electron chi connectivity index (χ3n) is 3.29. The van der Waals surface area contributed by atoms with Crippen molar-refractivity contribution >= 4 is 22.1 Å². The second kappa shape index (κ2) is 6.16. The molecule has 0 aliphatic rings.